The van der Waals surface area contributed by atoms with E-state index in [1.54, 1.807) is 31.2 Å². The molecular formula is C21H25ClO4. The Balaban J connectivity index is 2.22. The van der Waals surface area contributed by atoms with Crippen LogP contribution in [0.2, 0.25) is 5.02 Å². The second-order valence-corrected chi connectivity index (χ2v) is 6.84. The van der Waals surface area contributed by atoms with Gasteiger partial charge in [0.2, 0.25) is 0 Å². The molecule has 0 heterocycles. The normalized spacial score (nSPS) is 13.1. The molecule has 26 heavy (non-hydrogen) atoms. The van der Waals surface area contributed by atoms with E-state index in [2.05, 4.69) is 6.92 Å². The van der Waals surface area contributed by atoms with Gasteiger partial charge in [-0.2, -0.15) is 0 Å². The Bertz CT molecular complexity index is 738. The summed E-state index contributed by atoms with van der Waals surface area (Å²) in [6.07, 6.45) is 1.97. The second-order valence-electron chi connectivity index (χ2n) is 6.41. The number of esters is 1. The van der Waals surface area contributed by atoms with E-state index in [-0.39, 0.29) is 13.0 Å². The zero-order valence-corrected chi connectivity index (χ0v) is 16.2. The number of carbonyl (C=O) groups excluding carboxylic acids is 1. The largest absolute Gasteiger partial charge is 0.464 e. The molecule has 2 aromatic carbocycles. The number of hydrogen-bond donors (Lipinski definition) is 1. The first-order chi connectivity index (χ1) is 12.4. The molecule has 0 aliphatic rings. The Morgan fingerprint density at radius 1 is 1.08 bits per heavy atom. The molecule has 0 aliphatic carbocycles. The Morgan fingerprint density at radius 2 is 1.73 bits per heavy atom. The SMILES string of the molecule is CCCc1cc(Oc2ccc(Cl)cc2)ccc1C[C@@](C)(O)C(=O)OCC. The van der Waals surface area contributed by atoms with Crippen LogP contribution in [0.4, 0.5) is 0 Å². The van der Waals surface area contributed by atoms with E-state index in [1.165, 1.54) is 6.92 Å². The summed E-state index contributed by atoms with van der Waals surface area (Å²) in [6, 6.07) is 12.8. The predicted octanol–water partition coefficient (Wildman–Crippen LogP) is 4.94. The zero-order chi connectivity index (χ0) is 19.2. The van der Waals surface area contributed by atoms with Crippen LogP contribution in [0.3, 0.4) is 0 Å². The minimum absolute atomic E-state index is 0.197. The highest BCUT2D eigenvalue weighted by molar-refractivity contribution is 6.30. The first-order valence-electron chi connectivity index (χ1n) is 8.80. The minimum Gasteiger partial charge on any atom is -0.464 e. The molecule has 0 spiro atoms. The molecule has 0 aliphatic heterocycles. The summed E-state index contributed by atoms with van der Waals surface area (Å²) in [7, 11) is 0. The number of rotatable bonds is 8. The van der Waals surface area contributed by atoms with Gasteiger partial charge in [-0.25, -0.2) is 4.79 Å². The second kappa shape index (κ2) is 9.06. The fraction of sp³-hybridized carbons (Fsp3) is 0.381. The number of carbonyl (C=O) groups is 1. The summed E-state index contributed by atoms with van der Waals surface area (Å²) in [5, 5.41) is 11.1. The van der Waals surface area contributed by atoms with Gasteiger partial charge in [-0.15, -0.1) is 0 Å². The minimum atomic E-state index is -1.56. The molecule has 2 aromatic rings. The summed E-state index contributed by atoms with van der Waals surface area (Å²) >= 11 is 5.89. The molecule has 0 bridgehead atoms. The van der Waals surface area contributed by atoms with Gasteiger partial charge in [0.1, 0.15) is 11.5 Å². The Morgan fingerprint density at radius 3 is 2.35 bits per heavy atom. The van der Waals surface area contributed by atoms with Gasteiger partial charge in [-0.1, -0.05) is 31.0 Å². The fourth-order valence-corrected chi connectivity index (χ4v) is 2.83. The standard InChI is InChI=1S/C21H25ClO4/c1-4-6-15-13-19(26-18-11-8-17(22)9-12-18)10-7-16(15)14-21(3,24)20(23)25-5-2/h7-13,24H,4-6,14H2,1-3H3/t21-/m1/s1. The lowest BCUT2D eigenvalue weighted by atomic mass is 9.91. The number of aryl methyl sites for hydroxylation is 1. The van der Waals surface area contributed by atoms with E-state index in [0.717, 1.165) is 24.0 Å². The van der Waals surface area contributed by atoms with Crippen LogP contribution in [0.25, 0.3) is 0 Å². The average Bonchev–Trinajstić information content (AvgIpc) is 2.59. The first-order valence-corrected chi connectivity index (χ1v) is 9.18. The predicted molar refractivity (Wildman–Crippen MR) is 103 cm³/mol. The first kappa shape index (κ1) is 20.3. The fourth-order valence-electron chi connectivity index (χ4n) is 2.71. The number of ether oxygens (including phenoxy) is 2. The number of hydrogen-bond acceptors (Lipinski definition) is 4. The third-order valence-corrected chi connectivity index (χ3v) is 4.25. The third-order valence-electron chi connectivity index (χ3n) is 4.00. The lowest BCUT2D eigenvalue weighted by molar-refractivity contribution is -0.163. The van der Waals surface area contributed by atoms with Gasteiger partial charge in [-0.3, -0.25) is 0 Å². The van der Waals surface area contributed by atoms with E-state index >= 15 is 0 Å². The van der Waals surface area contributed by atoms with Crippen molar-refractivity contribution in [3.05, 3.63) is 58.6 Å². The summed E-state index contributed by atoms with van der Waals surface area (Å²) in [4.78, 5) is 12.0. The maximum Gasteiger partial charge on any atom is 0.338 e. The Kier molecular flexibility index (Phi) is 7.06. The van der Waals surface area contributed by atoms with Crippen LogP contribution in [0.5, 0.6) is 11.5 Å². The van der Waals surface area contributed by atoms with Gasteiger partial charge in [0.25, 0.3) is 0 Å². The quantitative estimate of drug-likeness (QED) is 0.663. The molecular weight excluding hydrogens is 352 g/mol. The van der Waals surface area contributed by atoms with Crippen LogP contribution < -0.4 is 4.74 Å². The molecule has 0 saturated carbocycles. The van der Waals surface area contributed by atoms with E-state index in [9.17, 15) is 9.90 Å². The van der Waals surface area contributed by atoms with Gasteiger partial charge >= 0.3 is 5.97 Å². The summed E-state index contributed by atoms with van der Waals surface area (Å²) in [6.45, 7) is 5.53. The van der Waals surface area contributed by atoms with E-state index in [4.69, 9.17) is 21.1 Å². The number of aliphatic hydroxyl groups is 1. The molecule has 0 unspecified atom stereocenters. The maximum atomic E-state index is 12.0. The van der Waals surface area contributed by atoms with Crippen LogP contribution >= 0.6 is 11.6 Å². The monoisotopic (exact) mass is 376 g/mol. The molecule has 0 amide bonds. The lowest BCUT2D eigenvalue weighted by Gasteiger charge is -2.23. The molecule has 1 atom stereocenters. The topological polar surface area (TPSA) is 55.8 Å². The van der Waals surface area contributed by atoms with Gasteiger partial charge in [0, 0.05) is 11.4 Å². The van der Waals surface area contributed by atoms with Crippen molar-refractivity contribution in [2.24, 2.45) is 0 Å². The highest BCUT2D eigenvalue weighted by atomic mass is 35.5. The van der Waals surface area contributed by atoms with E-state index < -0.39 is 11.6 Å². The highest BCUT2D eigenvalue weighted by Crippen LogP contribution is 2.28. The molecule has 4 nitrogen and oxygen atoms in total. The van der Waals surface area contributed by atoms with Crippen LogP contribution in [0.15, 0.2) is 42.5 Å². The van der Waals surface area contributed by atoms with Crippen LogP contribution in [0.1, 0.15) is 38.3 Å². The van der Waals surface area contributed by atoms with Crippen LogP contribution in [-0.2, 0) is 22.4 Å². The highest BCUT2D eigenvalue weighted by Gasteiger charge is 2.32. The molecule has 2 rings (SSSR count). The van der Waals surface area contributed by atoms with Gasteiger partial charge in [0.05, 0.1) is 6.61 Å². The van der Waals surface area contributed by atoms with Crippen molar-refractivity contribution in [3.63, 3.8) is 0 Å². The molecule has 5 heteroatoms. The summed E-state index contributed by atoms with van der Waals surface area (Å²) in [5.41, 5.74) is 0.397. The maximum absolute atomic E-state index is 12.0. The van der Waals surface area contributed by atoms with Crippen molar-refractivity contribution in [1.82, 2.24) is 0 Å². The van der Waals surface area contributed by atoms with Crippen molar-refractivity contribution < 1.29 is 19.4 Å². The summed E-state index contributed by atoms with van der Waals surface area (Å²) < 4.78 is 10.8. The smallest absolute Gasteiger partial charge is 0.338 e. The van der Waals surface area contributed by atoms with Crippen molar-refractivity contribution in [3.8, 4) is 11.5 Å². The van der Waals surface area contributed by atoms with Crippen LogP contribution in [-0.4, -0.2) is 23.3 Å². The third kappa shape index (κ3) is 5.48. The van der Waals surface area contributed by atoms with Gasteiger partial charge in [0.15, 0.2) is 5.60 Å². The van der Waals surface area contributed by atoms with Gasteiger partial charge < -0.3 is 14.6 Å². The average molecular weight is 377 g/mol. The number of halogens is 1. The Hall–Kier alpha value is -2.04. The van der Waals surface area contributed by atoms with Crippen molar-refractivity contribution in [2.75, 3.05) is 6.61 Å². The van der Waals surface area contributed by atoms with Crippen LogP contribution in [0, 0.1) is 0 Å². The zero-order valence-electron chi connectivity index (χ0n) is 15.4. The molecule has 140 valence electrons. The van der Waals surface area contributed by atoms with E-state index in [1.807, 2.05) is 18.2 Å². The Labute approximate surface area is 159 Å². The molecule has 0 fully saturated rings. The molecule has 0 radical (unpaired) electrons. The lowest BCUT2D eigenvalue weighted by Crippen LogP contribution is -2.39. The van der Waals surface area contributed by atoms with Gasteiger partial charge in [-0.05, 0) is 67.8 Å². The van der Waals surface area contributed by atoms with Crippen molar-refractivity contribution >= 4 is 17.6 Å². The summed E-state index contributed by atoms with van der Waals surface area (Å²) in [5.74, 6) is 0.794. The van der Waals surface area contributed by atoms with E-state index in [0.29, 0.717) is 16.5 Å². The van der Waals surface area contributed by atoms with Crippen molar-refractivity contribution in [1.29, 1.82) is 0 Å². The molecule has 0 saturated heterocycles. The molecule has 0 aromatic heterocycles. The van der Waals surface area contributed by atoms with Crippen molar-refractivity contribution in [2.45, 2.75) is 45.6 Å². The number of benzene rings is 2. The molecule has 1 N–H and O–H groups in total.